The molecular formula is C12H12N4O2S. The van der Waals surface area contributed by atoms with Crippen LogP contribution in [0.3, 0.4) is 0 Å². The number of aromatic nitrogens is 1. The topological polar surface area (TPSA) is 94.1 Å². The summed E-state index contributed by atoms with van der Waals surface area (Å²) in [5, 5.41) is 10.9. The molecule has 98 valence electrons. The highest BCUT2D eigenvalue weighted by molar-refractivity contribution is 7.98. The Balaban J connectivity index is 2.13. The van der Waals surface area contributed by atoms with Gasteiger partial charge in [0.25, 0.3) is 5.69 Å². The van der Waals surface area contributed by atoms with Gasteiger partial charge in [0.15, 0.2) is 0 Å². The number of nitrogen functional groups attached to an aromatic ring is 1. The number of nitrogens with one attached hydrogen (secondary N) is 1. The first-order valence-electron chi connectivity index (χ1n) is 5.47. The van der Waals surface area contributed by atoms with Crippen molar-refractivity contribution in [3.05, 3.63) is 58.4 Å². The predicted molar refractivity (Wildman–Crippen MR) is 74.7 cm³/mol. The Morgan fingerprint density at radius 2 is 2.05 bits per heavy atom. The number of rotatable bonds is 5. The highest BCUT2D eigenvalue weighted by Crippen LogP contribution is 2.28. The number of nitrogens with zero attached hydrogens (tertiary/aromatic N) is 2. The first-order chi connectivity index (χ1) is 9.20. The summed E-state index contributed by atoms with van der Waals surface area (Å²) in [6.07, 6.45) is 3.43. The van der Waals surface area contributed by atoms with Gasteiger partial charge in [-0.25, -0.2) is 0 Å². The summed E-state index contributed by atoms with van der Waals surface area (Å²) in [5.74, 6) is 5.89. The smallest absolute Gasteiger partial charge is 0.293 e. The van der Waals surface area contributed by atoms with E-state index in [0.29, 0.717) is 11.4 Å². The zero-order valence-corrected chi connectivity index (χ0v) is 10.8. The van der Waals surface area contributed by atoms with E-state index < -0.39 is 4.92 Å². The van der Waals surface area contributed by atoms with Crippen molar-refractivity contribution < 1.29 is 4.92 Å². The minimum Gasteiger partial charge on any atom is -0.318 e. The molecule has 1 heterocycles. The average Bonchev–Trinajstić information content (AvgIpc) is 2.46. The molecule has 0 aliphatic heterocycles. The molecule has 0 bridgehead atoms. The zero-order valence-electron chi connectivity index (χ0n) is 9.95. The van der Waals surface area contributed by atoms with Crippen molar-refractivity contribution in [2.45, 2.75) is 10.6 Å². The van der Waals surface area contributed by atoms with Gasteiger partial charge in [-0.1, -0.05) is 6.07 Å². The Hall–Kier alpha value is -2.12. The van der Waals surface area contributed by atoms with Crippen LogP contribution >= 0.6 is 11.8 Å². The predicted octanol–water partition coefficient (Wildman–Crippen LogP) is 2.57. The molecule has 0 aliphatic carbocycles. The van der Waals surface area contributed by atoms with Gasteiger partial charge in [0.1, 0.15) is 5.69 Å². The van der Waals surface area contributed by atoms with Crippen molar-refractivity contribution in [2.75, 3.05) is 5.43 Å². The first-order valence-corrected chi connectivity index (χ1v) is 6.46. The average molecular weight is 276 g/mol. The second kappa shape index (κ2) is 6.17. The summed E-state index contributed by atoms with van der Waals surface area (Å²) in [5.41, 5.74) is 3.48. The minimum absolute atomic E-state index is 0.0182. The van der Waals surface area contributed by atoms with Crippen LogP contribution in [0, 0.1) is 10.1 Å². The van der Waals surface area contributed by atoms with Gasteiger partial charge >= 0.3 is 0 Å². The molecule has 3 N–H and O–H groups in total. The van der Waals surface area contributed by atoms with Crippen LogP contribution in [0.25, 0.3) is 0 Å². The molecule has 0 spiro atoms. The molecule has 0 fully saturated rings. The Morgan fingerprint density at radius 1 is 1.32 bits per heavy atom. The molecule has 6 nitrogen and oxygen atoms in total. The van der Waals surface area contributed by atoms with Crippen LogP contribution in [0.4, 0.5) is 11.4 Å². The van der Waals surface area contributed by atoms with Gasteiger partial charge in [-0.2, -0.15) is 0 Å². The van der Waals surface area contributed by atoms with Crippen LogP contribution in [-0.4, -0.2) is 9.91 Å². The van der Waals surface area contributed by atoms with Gasteiger partial charge in [0.05, 0.1) is 4.92 Å². The second-order valence-electron chi connectivity index (χ2n) is 3.72. The Bertz CT molecular complexity index is 577. The molecule has 2 rings (SSSR count). The molecule has 0 radical (unpaired) electrons. The van der Waals surface area contributed by atoms with Gasteiger partial charge in [0, 0.05) is 29.1 Å². The zero-order chi connectivity index (χ0) is 13.7. The standard InChI is InChI=1S/C12H12N4O2S/c13-15-11-2-1-9(7-12(11)16(17)18)8-19-10-3-5-14-6-4-10/h1-7,15H,8,13H2. The largest absolute Gasteiger partial charge is 0.318 e. The third-order valence-corrected chi connectivity index (χ3v) is 3.55. The number of hydrazine groups is 1. The number of anilines is 1. The highest BCUT2D eigenvalue weighted by Gasteiger charge is 2.13. The number of thioether (sulfide) groups is 1. The van der Waals surface area contributed by atoms with E-state index in [-0.39, 0.29) is 5.69 Å². The Labute approximate surface area is 114 Å². The quantitative estimate of drug-likeness (QED) is 0.377. The maximum Gasteiger partial charge on any atom is 0.293 e. The number of nitrogens with two attached hydrogens (primary N) is 1. The number of hydrogen-bond acceptors (Lipinski definition) is 6. The molecule has 0 aliphatic rings. The molecule has 7 heteroatoms. The van der Waals surface area contributed by atoms with E-state index in [0.717, 1.165) is 10.5 Å². The third-order valence-electron chi connectivity index (χ3n) is 2.47. The SMILES string of the molecule is NNc1ccc(CSc2ccncc2)cc1[N+](=O)[O-]. The van der Waals surface area contributed by atoms with Crippen molar-refractivity contribution in [1.82, 2.24) is 4.98 Å². The maximum absolute atomic E-state index is 10.9. The first kappa shape index (κ1) is 13.3. The van der Waals surface area contributed by atoms with Gasteiger partial charge in [-0.15, -0.1) is 11.8 Å². The normalized spacial score (nSPS) is 10.2. The number of nitro benzene ring substituents is 1. The van der Waals surface area contributed by atoms with Crippen LogP contribution in [0.15, 0.2) is 47.6 Å². The fourth-order valence-corrected chi connectivity index (χ4v) is 2.37. The molecule has 2 aromatic rings. The van der Waals surface area contributed by atoms with E-state index in [1.165, 1.54) is 6.07 Å². The number of nitro groups is 1. The van der Waals surface area contributed by atoms with Gasteiger partial charge in [-0.3, -0.25) is 20.9 Å². The van der Waals surface area contributed by atoms with E-state index in [4.69, 9.17) is 5.84 Å². The number of hydrogen-bond donors (Lipinski definition) is 2. The Morgan fingerprint density at radius 3 is 2.68 bits per heavy atom. The molecule has 1 aromatic heterocycles. The van der Waals surface area contributed by atoms with Crippen LogP contribution in [-0.2, 0) is 5.75 Å². The fourth-order valence-electron chi connectivity index (χ4n) is 1.54. The second-order valence-corrected chi connectivity index (χ2v) is 4.77. The molecule has 19 heavy (non-hydrogen) atoms. The van der Waals surface area contributed by atoms with Crippen LogP contribution in [0.2, 0.25) is 0 Å². The van der Waals surface area contributed by atoms with E-state index in [1.54, 1.807) is 30.2 Å². The summed E-state index contributed by atoms with van der Waals surface area (Å²) >= 11 is 1.59. The Kier molecular flexibility index (Phi) is 4.32. The lowest BCUT2D eigenvalue weighted by Gasteiger charge is -2.05. The highest BCUT2D eigenvalue weighted by atomic mass is 32.2. The van der Waals surface area contributed by atoms with Crippen LogP contribution in [0.5, 0.6) is 0 Å². The molecule has 0 amide bonds. The van der Waals surface area contributed by atoms with E-state index in [2.05, 4.69) is 10.4 Å². The molecule has 0 saturated heterocycles. The maximum atomic E-state index is 10.9. The van der Waals surface area contributed by atoms with Crippen molar-refractivity contribution in [1.29, 1.82) is 0 Å². The van der Waals surface area contributed by atoms with E-state index in [9.17, 15) is 10.1 Å². The summed E-state index contributed by atoms with van der Waals surface area (Å²) in [6.45, 7) is 0. The van der Waals surface area contributed by atoms with Gasteiger partial charge < -0.3 is 5.43 Å². The fraction of sp³-hybridized carbons (Fsp3) is 0.0833. The molecule has 0 atom stereocenters. The summed E-state index contributed by atoms with van der Waals surface area (Å²) in [7, 11) is 0. The van der Waals surface area contributed by atoms with Crippen LogP contribution < -0.4 is 11.3 Å². The van der Waals surface area contributed by atoms with Crippen LogP contribution in [0.1, 0.15) is 5.56 Å². The van der Waals surface area contributed by atoms with Gasteiger partial charge in [0.2, 0.25) is 0 Å². The van der Waals surface area contributed by atoms with Crippen molar-refractivity contribution in [3.8, 4) is 0 Å². The lowest BCUT2D eigenvalue weighted by Crippen LogP contribution is -2.09. The lowest BCUT2D eigenvalue weighted by molar-refractivity contribution is -0.384. The number of pyridine rings is 1. The molecule has 0 unspecified atom stereocenters. The summed E-state index contributed by atoms with van der Waals surface area (Å²) in [6, 6.07) is 8.75. The van der Waals surface area contributed by atoms with Gasteiger partial charge in [-0.05, 0) is 23.8 Å². The van der Waals surface area contributed by atoms with Crippen molar-refractivity contribution >= 4 is 23.1 Å². The molecular weight excluding hydrogens is 264 g/mol. The van der Waals surface area contributed by atoms with Crippen molar-refractivity contribution in [2.24, 2.45) is 5.84 Å². The van der Waals surface area contributed by atoms with E-state index >= 15 is 0 Å². The molecule has 1 aromatic carbocycles. The van der Waals surface area contributed by atoms with E-state index in [1.807, 2.05) is 18.2 Å². The minimum atomic E-state index is -0.449. The molecule has 0 saturated carbocycles. The third kappa shape index (κ3) is 3.43. The monoisotopic (exact) mass is 276 g/mol. The van der Waals surface area contributed by atoms with Crippen molar-refractivity contribution in [3.63, 3.8) is 0 Å². The number of benzene rings is 1. The summed E-state index contributed by atoms with van der Waals surface area (Å²) < 4.78 is 0. The summed E-state index contributed by atoms with van der Waals surface area (Å²) in [4.78, 5) is 15.5. The lowest BCUT2D eigenvalue weighted by atomic mass is 10.2.